The molecule has 0 heterocycles. The Morgan fingerprint density at radius 2 is 1.05 bits per heavy atom. The Morgan fingerprint density at radius 1 is 0.682 bits per heavy atom. The molecule has 0 aliphatic heterocycles. The van der Waals surface area contributed by atoms with E-state index in [1.165, 1.54) is 11.1 Å². The monoisotopic (exact) mass is 288 g/mol. The molecule has 1 aliphatic carbocycles. The molecule has 22 heavy (non-hydrogen) atoms. The molecule has 1 nitrogen and oxygen atoms in total. The van der Waals surface area contributed by atoms with Gasteiger partial charge in [0, 0.05) is 11.1 Å². The summed E-state index contributed by atoms with van der Waals surface area (Å²) in [6, 6.07) is 16.6. The fourth-order valence-corrected chi connectivity index (χ4v) is 2.71. The summed E-state index contributed by atoms with van der Waals surface area (Å²) in [6.07, 6.45) is 5.73. The van der Waals surface area contributed by atoms with Crippen LogP contribution in [0.25, 0.3) is 12.2 Å². The lowest BCUT2D eigenvalue weighted by Gasteiger charge is -1.99. The molecule has 2 aromatic carbocycles. The van der Waals surface area contributed by atoms with Crippen molar-refractivity contribution in [2.75, 3.05) is 0 Å². The minimum atomic E-state index is 0.196. The Kier molecular flexibility index (Phi) is 4.06. The minimum absolute atomic E-state index is 0.196. The molecule has 0 saturated heterocycles. The van der Waals surface area contributed by atoms with E-state index >= 15 is 0 Å². The summed E-state index contributed by atoms with van der Waals surface area (Å²) in [5.41, 5.74) is 6.51. The van der Waals surface area contributed by atoms with E-state index in [2.05, 4.69) is 62.4 Å². The van der Waals surface area contributed by atoms with Gasteiger partial charge >= 0.3 is 0 Å². The first-order valence-electron chi connectivity index (χ1n) is 7.71. The van der Waals surface area contributed by atoms with Crippen LogP contribution in [0.15, 0.2) is 59.7 Å². The summed E-state index contributed by atoms with van der Waals surface area (Å²) < 4.78 is 0. The van der Waals surface area contributed by atoms with E-state index < -0.39 is 0 Å². The fraction of sp³-hybridized carbons (Fsp3) is 0.190. The molecule has 2 aromatic rings. The number of hydrogen-bond acceptors (Lipinski definition) is 1. The van der Waals surface area contributed by atoms with E-state index in [1.807, 2.05) is 12.2 Å². The molecule has 0 spiro atoms. The third kappa shape index (κ3) is 3.25. The van der Waals surface area contributed by atoms with Crippen LogP contribution >= 0.6 is 0 Å². The van der Waals surface area contributed by atoms with Gasteiger partial charge in [0.2, 0.25) is 0 Å². The highest BCUT2D eigenvalue weighted by atomic mass is 16.1. The maximum absolute atomic E-state index is 12.5. The molecule has 0 radical (unpaired) electrons. The molecule has 0 amide bonds. The maximum atomic E-state index is 12.5. The summed E-state index contributed by atoms with van der Waals surface area (Å²) in [7, 11) is 0. The lowest BCUT2D eigenvalue weighted by atomic mass is 10.1. The molecule has 1 saturated carbocycles. The zero-order valence-electron chi connectivity index (χ0n) is 13.1. The maximum Gasteiger partial charge on any atom is 0.185 e. The van der Waals surface area contributed by atoms with Gasteiger partial charge in [-0.15, -0.1) is 0 Å². The van der Waals surface area contributed by atoms with Crippen LogP contribution in [0.3, 0.4) is 0 Å². The normalized spacial score (nSPS) is 18.4. The average molecular weight is 288 g/mol. The average Bonchev–Trinajstić information content (AvgIpc) is 2.85. The molecule has 0 N–H and O–H groups in total. The van der Waals surface area contributed by atoms with Crippen molar-refractivity contribution < 1.29 is 4.79 Å². The fourth-order valence-electron chi connectivity index (χ4n) is 2.71. The minimum Gasteiger partial charge on any atom is -0.289 e. The number of carbonyl (C=O) groups excluding carboxylic acids is 1. The number of Topliss-reactive ketones (excluding diaryl/α,β-unsaturated/α-hetero) is 1. The van der Waals surface area contributed by atoms with Crippen LogP contribution < -0.4 is 0 Å². The zero-order valence-corrected chi connectivity index (χ0v) is 13.1. The van der Waals surface area contributed by atoms with Crippen LogP contribution in [0.4, 0.5) is 0 Å². The van der Waals surface area contributed by atoms with Crippen molar-refractivity contribution in [3.8, 4) is 0 Å². The van der Waals surface area contributed by atoms with Crippen LogP contribution in [-0.2, 0) is 4.79 Å². The first kappa shape index (κ1) is 14.5. The second-order valence-corrected chi connectivity index (χ2v) is 5.99. The van der Waals surface area contributed by atoms with Crippen molar-refractivity contribution in [1.29, 1.82) is 0 Å². The highest BCUT2D eigenvalue weighted by Crippen LogP contribution is 2.29. The molecular weight excluding hydrogens is 268 g/mol. The lowest BCUT2D eigenvalue weighted by Crippen LogP contribution is -1.95. The Hall–Kier alpha value is -2.41. The van der Waals surface area contributed by atoms with Gasteiger partial charge in [-0.3, -0.25) is 4.79 Å². The van der Waals surface area contributed by atoms with E-state index in [0.717, 1.165) is 35.1 Å². The number of allylic oxidation sites excluding steroid dienone is 2. The molecule has 3 rings (SSSR count). The number of carbonyl (C=O) groups is 1. The third-order valence-electron chi connectivity index (χ3n) is 4.08. The summed E-state index contributed by atoms with van der Waals surface area (Å²) in [5, 5.41) is 0. The highest BCUT2D eigenvalue weighted by Gasteiger charge is 2.22. The first-order chi connectivity index (χ1) is 10.6. The molecule has 0 unspecified atom stereocenters. The van der Waals surface area contributed by atoms with Crippen LogP contribution in [0.5, 0.6) is 0 Å². The van der Waals surface area contributed by atoms with Crippen LogP contribution in [-0.4, -0.2) is 5.78 Å². The molecule has 1 fully saturated rings. The summed E-state index contributed by atoms with van der Waals surface area (Å²) in [4.78, 5) is 12.5. The Labute approximate surface area is 132 Å². The molecule has 1 heteroatoms. The third-order valence-corrected chi connectivity index (χ3v) is 4.08. The number of benzene rings is 2. The predicted molar refractivity (Wildman–Crippen MR) is 92.6 cm³/mol. The predicted octanol–water partition coefficient (Wildman–Crippen LogP) is 5.13. The SMILES string of the molecule is Cc1ccc(C=C2CC/C(=C\c3ccc(C)cc3)C2=O)cc1. The van der Waals surface area contributed by atoms with Gasteiger partial charge < -0.3 is 0 Å². The largest absolute Gasteiger partial charge is 0.289 e. The van der Waals surface area contributed by atoms with Crippen molar-refractivity contribution in [3.05, 3.63) is 81.9 Å². The van der Waals surface area contributed by atoms with Gasteiger partial charge in [0.15, 0.2) is 5.78 Å². The molecule has 0 aromatic heterocycles. The van der Waals surface area contributed by atoms with Gasteiger partial charge in [-0.25, -0.2) is 0 Å². The van der Waals surface area contributed by atoms with Crippen LogP contribution in [0, 0.1) is 13.8 Å². The van der Waals surface area contributed by atoms with Gasteiger partial charge in [-0.2, -0.15) is 0 Å². The molecule has 110 valence electrons. The quantitative estimate of drug-likeness (QED) is 0.700. The van der Waals surface area contributed by atoms with Crippen molar-refractivity contribution in [2.45, 2.75) is 26.7 Å². The Bertz CT molecular complexity index is 678. The number of rotatable bonds is 2. The molecule has 0 atom stereocenters. The van der Waals surface area contributed by atoms with Gasteiger partial charge in [-0.05, 0) is 50.0 Å². The van der Waals surface area contributed by atoms with Crippen molar-refractivity contribution in [2.24, 2.45) is 0 Å². The van der Waals surface area contributed by atoms with E-state index in [9.17, 15) is 4.79 Å². The topological polar surface area (TPSA) is 17.1 Å². The lowest BCUT2D eigenvalue weighted by molar-refractivity contribution is -0.111. The zero-order chi connectivity index (χ0) is 15.5. The first-order valence-corrected chi connectivity index (χ1v) is 7.71. The Morgan fingerprint density at radius 3 is 1.41 bits per heavy atom. The number of ketones is 1. The van der Waals surface area contributed by atoms with Gasteiger partial charge in [0.05, 0.1) is 0 Å². The summed E-state index contributed by atoms with van der Waals surface area (Å²) in [6.45, 7) is 4.14. The van der Waals surface area contributed by atoms with Crippen LogP contribution in [0.2, 0.25) is 0 Å². The number of aryl methyl sites for hydroxylation is 2. The van der Waals surface area contributed by atoms with Crippen molar-refractivity contribution >= 4 is 17.9 Å². The van der Waals surface area contributed by atoms with Crippen molar-refractivity contribution in [3.63, 3.8) is 0 Å². The molecule has 1 aliphatic rings. The van der Waals surface area contributed by atoms with Crippen LogP contribution in [0.1, 0.15) is 35.1 Å². The summed E-state index contributed by atoms with van der Waals surface area (Å²) >= 11 is 0. The smallest absolute Gasteiger partial charge is 0.185 e. The van der Waals surface area contributed by atoms with E-state index in [4.69, 9.17) is 0 Å². The van der Waals surface area contributed by atoms with Gasteiger partial charge in [0.25, 0.3) is 0 Å². The second-order valence-electron chi connectivity index (χ2n) is 5.99. The molecule has 0 bridgehead atoms. The van der Waals surface area contributed by atoms with Gasteiger partial charge in [0.1, 0.15) is 0 Å². The summed E-state index contributed by atoms with van der Waals surface area (Å²) in [5.74, 6) is 0.196. The van der Waals surface area contributed by atoms with E-state index in [0.29, 0.717) is 0 Å². The van der Waals surface area contributed by atoms with E-state index in [1.54, 1.807) is 0 Å². The van der Waals surface area contributed by atoms with Gasteiger partial charge in [-0.1, -0.05) is 59.7 Å². The molecular formula is C21H20O. The highest BCUT2D eigenvalue weighted by molar-refractivity contribution is 6.15. The second kappa shape index (κ2) is 6.15. The Balaban J connectivity index is 1.82. The van der Waals surface area contributed by atoms with E-state index in [-0.39, 0.29) is 5.78 Å². The standard InChI is InChI=1S/C21H20O/c1-15-3-7-17(8-4-15)13-19-11-12-20(21(19)22)14-18-9-5-16(2)6-10-18/h3-10,13-14H,11-12H2,1-2H3/b19-13+,20-14?. The van der Waals surface area contributed by atoms with Crippen molar-refractivity contribution in [1.82, 2.24) is 0 Å². The number of hydrogen-bond donors (Lipinski definition) is 0.